The Bertz CT molecular complexity index is 494. The van der Waals surface area contributed by atoms with Gasteiger partial charge >= 0.3 is 0 Å². The van der Waals surface area contributed by atoms with Crippen molar-refractivity contribution in [3.8, 4) is 11.5 Å². The maximum atomic E-state index is 11.5. The van der Waals surface area contributed by atoms with Gasteiger partial charge in [-0.15, -0.1) is 11.8 Å². The van der Waals surface area contributed by atoms with E-state index in [2.05, 4.69) is 5.32 Å². The first-order chi connectivity index (χ1) is 9.56. The summed E-state index contributed by atoms with van der Waals surface area (Å²) in [4.78, 5) is 11.5. The topological polar surface area (TPSA) is 47.6 Å². The average molecular weight is 316 g/mol. The molecule has 1 aromatic rings. The van der Waals surface area contributed by atoms with Crippen molar-refractivity contribution in [2.45, 2.75) is 25.6 Å². The van der Waals surface area contributed by atoms with Crippen molar-refractivity contribution >= 4 is 29.3 Å². The van der Waals surface area contributed by atoms with Gasteiger partial charge in [-0.1, -0.05) is 11.6 Å². The van der Waals surface area contributed by atoms with Crippen molar-refractivity contribution in [3.05, 3.63) is 22.7 Å². The Hall–Kier alpha value is -1.07. The fourth-order valence-electron chi connectivity index (χ4n) is 1.87. The molecule has 1 aliphatic heterocycles. The molecule has 20 heavy (non-hydrogen) atoms. The zero-order valence-electron chi connectivity index (χ0n) is 11.6. The van der Waals surface area contributed by atoms with Crippen LogP contribution < -0.4 is 14.8 Å². The SMILES string of the molecule is CC(C)NC(=O)CSCc1cc(Cl)c2c(c1)OCCO2. The van der Waals surface area contributed by atoms with Gasteiger partial charge in [0.25, 0.3) is 0 Å². The summed E-state index contributed by atoms with van der Waals surface area (Å²) in [6.07, 6.45) is 0. The summed E-state index contributed by atoms with van der Waals surface area (Å²) in [6, 6.07) is 3.96. The van der Waals surface area contributed by atoms with Crippen LogP contribution in [-0.2, 0) is 10.5 Å². The quantitative estimate of drug-likeness (QED) is 0.907. The molecule has 1 aromatic carbocycles. The van der Waals surface area contributed by atoms with Crippen molar-refractivity contribution in [2.24, 2.45) is 0 Å². The second-order valence-corrected chi connectivity index (χ2v) is 6.21. The highest BCUT2D eigenvalue weighted by Gasteiger charge is 2.16. The van der Waals surface area contributed by atoms with Crippen molar-refractivity contribution < 1.29 is 14.3 Å². The number of carbonyl (C=O) groups excluding carboxylic acids is 1. The van der Waals surface area contributed by atoms with E-state index in [1.165, 1.54) is 0 Å². The number of thioether (sulfide) groups is 1. The highest BCUT2D eigenvalue weighted by molar-refractivity contribution is 7.99. The smallest absolute Gasteiger partial charge is 0.230 e. The normalized spacial score (nSPS) is 13.4. The second-order valence-electron chi connectivity index (χ2n) is 4.82. The van der Waals surface area contributed by atoms with Gasteiger partial charge in [0.05, 0.1) is 10.8 Å². The van der Waals surface area contributed by atoms with Crippen LogP contribution >= 0.6 is 23.4 Å². The number of amides is 1. The number of halogens is 1. The molecule has 110 valence electrons. The minimum atomic E-state index is 0.0497. The van der Waals surface area contributed by atoms with Crippen LogP contribution in [0, 0.1) is 0 Å². The molecule has 6 heteroatoms. The van der Waals surface area contributed by atoms with E-state index in [4.69, 9.17) is 21.1 Å². The monoisotopic (exact) mass is 315 g/mol. The summed E-state index contributed by atoms with van der Waals surface area (Å²) in [6.45, 7) is 4.96. The summed E-state index contributed by atoms with van der Waals surface area (Å²) in [7, 11) is 0. The van der Waals surface area contributed by atoms with Gasteiger partial charge in [-0.25, -0.2) is 0 Å². The summed E-state index contributed by atoms with van der Waals surface area (Å²) in [5, 5.41) is 3.42. The Morgan fingerprint density at radius 3 is 2.90 bits per heavy atom. The fourth-order valence-corrected chi connectivity index (χ4v) is 2.93. The molecule has 0 aliphatic carbocycles. The van der Waals surface area contributed by atoms with Gasteiger partial charge < -0.3 is 14.8 Å². The first kappa shape index (κ1) is 15.3. The number of benzene rings is 1. The minimum absolute atomic E-state index is 0.0497. The molecular formula is C14H18ClNO3S. The van der Waals surface area contributed by atoms with Crippen LogP contribution in [0.4, 0.5) is 0 Å². The molecule has 0 spiro atoms. The van der Waals surface area contributed by atoms with Crippen molar-refractivity contribution in [1.29, 1.82) is 0 Å². The van der Waals surface area contributed by atoms with Crippen LogP contribution in [-0.4, -0.2) is 30.9 Å². The number of ether oxygens (including phenoxy) is 2. The summed E-state index contributed by atoms with van der Waals surface area (Å²) < 4.78 is 11.0. The molecule has 0 saturated carbocycles. The van der Waals surface area contributed by atoms with E-state index >= 15 is 0 Å². The van der Waals surface area contributed by atoms with Gasteiger partial charge in [0.15, 0.2) is 11.5 Å². The Labute approximate surface area is 128 Å². The third kappa shape index (κ3) is 4.21. The number of hydrogen-bond donors (Lipinski definition) is 1. The molecule has 2 rings (SSSR count). The van der Waals surface area contributed by atoms with E-state index in [-0.39, 0.29) is 11.9 Å². The molecule has 0 aromatic heterocycles. The van der Waals surface area contributed by atoms with Gasteiger partial charge in [0.2, 0.25) is 5.91 Å². The minimum Gasteiger partial charge on any atom is -0.486 e. The van der Waals surface area contributed by atoms with Crippen LogP contribution in [0.2, 0.25) is 5.02 Å². The summed E-state index contributed by atoms with van der Waals surface area (Å²) >= 11 is 7.71. The number of fused-ring (bicyclic) bond motifs is 1. The number of hydrogen-bond acceptors (Lipinski definition) is 4. The number of rotatable bonds is 5. The van der Waals surface area contributed by atoms with Gasteiger partial charge in [0, 0.05) is 11.8 Å². The first-order valence-electron chi connectivity index (χ1n) is 6.51. The zero-order chi connectivity index (χ0) is 14.5. The predicted octanol–water partition coefficient (Wildman–Crippen LogP) is 2.87. The van der Waals surface area contributed by atoms with E-state index in [0.29, 0.717) is 41.2 Å². The Morgan fingerprint density at radius 1 is 1.40 bits per heavy atom. The maximum Gasteiger partial charge on any atom is 0.230 e. The molecule has 1 heterocycles. The fraction of sp³-hybridized carbons (Fsp3) is 0.500. The summed E-state index contributed by atoms with van der Waals surface area (Å²) in [5.41, 5.74) is 1.03. The molecule has 4 nitrogen and oxygen atoms in total. The molecule has 0 radical (unpaired) electrons. The van der Waals surface area contributed by atoms with Crippen LogP contribution in [0.15, 0.2) is 12.1 Å². The Morgan fingerprint density at radius 2 is 2.15 bits per heavy atom. The third-order valence-corrected chi connectivity index (χ3v) is 3.89. The van der Waals surface area contributed by atoms with Crippen molar-refractivity contribution in [1.82, 2.24) is 5.32 Å². The zero-order valence-corrected chi connectivity index (χ0v) is 13.1. The maximum absolute atomic E-state index is 11.5. The van der Waals surface area contributed by atoms with Crippen LogP contribution in [0.25, 0.3) is 0 Å². The lowest BCUT2D eigenvalue weighted by Crippen LogP contribution is -2.31. The molecule has 0 saturated heterocycles. The number of carbonyl (C=O) groups is 1. The molecule has 1 N–H and O–H groups in total. The number of nitrogens with one attached hydrogen (secondary N) is 1. The molecule has 1 aliphatic rings. The lowest BCUT2D eigenvalue weighted by molar-refractivity contribution is -0.119. The lowest BCUT2D eigenvalue weighted by Gasteiger charge is -2.20. The Balaban J connectivity index is 1.90. The summed E-state index contributed by atoms with van der Waals surface area (Å²) in [5.74, 6) is 2.50. The second kappa shape index (κ2) is 7.09. The van der Waals surface area contributed by atoms with E-state index in [1.54, 1.807) is 11.8 Å². The highest BCUT2D eigenvalue weighted by atomic mass is 35.5. The molecule has 0 atom stereocenters. The highest BCUT2D eigenvalue weighted by Crippen LogP contribution is 2.39. The van der Waals surface area contributed by atoms with Crippen molar-refractivity contribution in [3.63, 3.8) is 0 Å². The predicted molar refractivity (Wildman–Crippen MR) is 81.9 cm³/mol. The van der Waals surface area contributed by atoms with Gasteiger partial charge in [-0.2, -0.15) is 0 Å². The Kier molecular flexibility index (Phi) is 5.43. The molecule has 0 unspecified atom stereocenters. The van der Waals surface area contributed by atoms with E-state index < -0.39 is 0 Å². The van der Waals surface area contributed by atoms with Gasteiger partial charge in [-0.3, -0.25) is 4.79 Å². The van der Waals surface area contributed by atoms with E-state index in [9.17, 15) is 4.79 Å². The van der Waals surface area contributed by atoms with Crippen molar-refractivity contribution in [2.75, 3.05) is 19.0 Å². The lowest BCUT2D eigenvalue weighted by atomic mass is 10.2. The largest absolute Gasteiger partial charge is 0.486 e. The standard InChI is InChI=1S/C14H18ClNO3S/c1-9(2)16-13(17)8-20-7-10-5-11(15)14-12(6-10)18-3-4-19-14/h5-6,9H,3-4,7-8H2,1-2H3,(H,16,17). The molecule has 0 fully saturated rings. The molecule has 0 bridgehead atoms. The van der Waals surface area contributed by atoms with Crippen LogP contribution in [0.5, 0.6) is 11.5 Å². The molecule has 1 amide bonds. The average Bonchev–Trinajstić information content (AvgIpc) is 2.38. The van der Waals surface area contributed by atoms with E-state index in [0.717, 1.165) is 5.56 Å². The van der Waals surface area contributed by atoms with Gasteiger partial charge in [-0.05, 0) is 31.5 Å². The van der Waals surface area contributed by atoms with E-state index in [1.807, 2.05) is 26.0 Å². The van der Waals surface area contributed by atoms with Crippen LogP contribution in [0.3, 0.4) is 0 Å². The first-order valence-corrected chi connectivity index (χ1v) is 8.04. The van der Waals surface area contributed by atoms with Crippen LogP contribution in [0.1, 0.15) is 19.4 Å². The van der Waals surface area contributed by atoms with Gasteiger partial charge in [0.1, 0.15) is 13.2 Å². The third-order valence-electron chi connectivity index (χ3n) is 2.61. The molecular weight excluding hydrogens is 298 g/mol.